The fourth-order valence-electron chi connectivity index (χ4n) is 2.05. The second kappa shape index (κ2) is 6.39. The van der Waals surface area contributed by atoms with Crippen LogP contribution < -0.4 is 10.6 Å². The van der Waals surface area contributed by atoms with Gasteiger partial charge in [0.15, 0.2) is 0 Å². The van der Waals surface area contributed by atoms with E-state index < -0.39 is 6.03 Å². The van der Waals surface area contributed by atoms with E-state index in [2.05, 4.69) is 15.6 Å². The van der Waals surface area contributed by atoms with Gasteiger partial charge < -0.3 is 9.88 Å². The number of hydrogen-bond donors (Lipinski definition) is 2. The summed E-state index contributed by atoms with van der Waals surface area (Å²) < 4.78 is 1.79. The lowest BCUT2D eigenvalue weighted by molar-refractivity contribution is -0.120. The molecule has 2 rings (SSSR count). The molecule has 6 nitrogen and oxygen atoms in total. The minimum absolute atomic E-state index is 0.0709. The average molecular weight is 288 g/mol. The topological polar surface area (TPSA) is 76.0 Å². The standard InChI is InChI=1S/C15H20N4O2/c1-10(2)8-16-15(21)18-14(20)9-19-11(3)17-12-6-4-5-7-13(12)19/h4-7,10H,8-9H2,1-3H3,(H2,16,18,20,21). The molecule has 0 aliphatic heterocycles. The van der Waals surface area contributed by atoms with E-state index in [0.29, 0.717) is 12.5 Å². The minimum atomic E-state index is -0.462. The van der Waals surface area contributed by atoms with E-state index in [0.717, 1.165) is 16.9 Å². The van der Waals surface area contributed by atoms with Gasteiger partial charge in [-0.05, 0) is 25.0 Å². The van der Waals surface area contributed by atoms with Crippen LogP contribution in [0.5, 0.6) is 0 Å². The Kier molecular flexibility index (Phi) is 4.57. The fourth-order valence-corrected chi connectivity index (χ4v) is 2.05. The molecule has 0 unspecified atom stereocenters. The van der Waals surface area contributed by atoms with Gasteiger partial charge in [-0.3, -0.25) is 10.1 Å². The number of imide groups is 1. The van der Waals surface area contributed by atoms with Crippen LogP contribution in [0.4, 0.5) is 4.79 Å². The highest BCUT2D eigenvalue weighted by atomic mass is 16.2. The largest absolute Gasteiger partial charge is 0.338 e. The number of para-hydroxylation sites is 2. The Morgan fingerprint density at radius 1 is 1.29 bits per heavy atom. The van der Waals surface area contributed by atoms with Crippen molar-refractivity contribution in [1.29, 1.82) is 0 Å². The fraction of sp³-hybridized carbons (Fsp3) is 0.400. The summed E-state index contributed by atoms with van der Waals surface area (Å²) in [6.07, 6.45) is 0. The third kappa shape index (κ3) is 3.81. The first kappa shape index (κ1) is 15.0. The Labute approximate surface area is 123 Å². The van der Waals surface area contributed by atoms with Crippen molar-refractivity contribution in [3.8, 4) is 0 Å². The molecule has 1 aromatic heterocycles. The molecule has 0 saturated heterocycles. The van der Waals surface area contributed by atoms with Crippen molar-refractivity contribution >= 4 is 23.0 Å². The van der Waals surface area contributed by atoms with Crippen LogP contribution in [0.1, 0.15) is 19.7 Å². The number of nitrogens with one attached hydrogen (secondary N) is 2. The van der Waals surface area contributed by atoms with E-state index in [4.69, 9.17) is 0 Å². The first-order valence-electron chi connectivity index (χ1n) is 6.97. The van der Waals surface area contributed by atoms with Crippen LogP contribution in [0, 0.1) is 12.8 Å². The Morgan fingerprint density at radius 3 is 2.71 bits per heavy atom. The van der Waals surface area contributed by atoms with Gasteiger partial charge in [0, 0.05) is 6.54 Å². The molecule has 21 heavy (non-hydrogen) atoms. The van der Waals surface area contributed by atoms with Gasteiger partial charge in [0.25, 0.3) is 0 Å². The van der Waals surface area contributed by atoms with E-state index in [-0.39, 0.29) is 12.5 Å². The molecule has 0 atom stereocenters. The molecular formula is C15H20N4O2. The molecule has 2 N–H and O–H groups in total. The summed E-state index contributed by atoms with van der Waals surface area (Å²) in [6.45, 7) is 6.42. The van der Waals surface area contributed by atoms with Gasteiger partial charge in [-0.15, -0.1) is 0 Å². The Balaban J connectivity index is 2.01. The number of rotatable bonds is 4. The second-order valence-electron chi connectivity index (χ2n) is 5.39. The van der Waals surface area contributed by atoms with Crippen molar-refractivity contribution in [2.75, 3.05) is 6.54 Å². The predicted octanol–water partition coefficient (Wildman–Crippen LogP) is 1.83. The number of carbonyl (C=O) groups is 2. The Bertz CT molecular complexity index is 661. The van der Waals surface area contributed by atoms with Crippen molar-refractivity contribution < 1.29 is 9.59 Å². The maximum Gasteiger partial charge on any atom is 0.321 e. The summed E-state index contributed by atoms with van der Waals surface area (Å²) in [6, 6.07) is 7.13. The molecule has 0 saturated carbocycles. The molecule has 6 heteroatoms. The molecule has 1 heterocycles. The molecule has 0 radical (unpaired) electrons. The Hall–Kier alpha value is -2.37. The average Bonchev–Trinajstić information content (AvgIpc) is 2.73. The van der Waals surface area contributed by atoms with Crippen molar-refractivity contribution in [3.63, 3.8) is 0 Å². The van der Waals surface area contributed by atoms with E-state index in [1.54, 1.807) is 4.57 Å². The van der Waals surface area contributed by atoms with Crippen molar-refractivity contribution in [1.82, 2.24) is 20.2 Å². The molecule has 1 aromatic carbocycles. The summed E-state index contributed by atoms with van der Waals surface area (Å²) in [4.78, 5) is 27.9. The number of hydrogen-bond acceptors (Lipinski definition) is 3. The first-order valence-corrected chi connectivity index (χ1v) is 6.97. The third-order valence-corrected chi connectivity index (χ3v) is 3.07. The summed E-state index contributed by atoms with van der Waals surface area (Å²) >= 11 is 0. The smallest absolute Gasteiger partial charge is 0.321 e. The minimum Gasteiger partial charge on any atom is -0.338 e. The highest BCUT2D eigenvalue weighted by molar-refractivity contribution is 5.94. The van der Waals surface area contributed by atoms with Crippen molar-refractivity contribution in [3.05, 3.63) is 30.1 Å². The lowest BCUT2D eigenvalue weighted by Gasteiger charge is -2.10. The number of aromatic nitrogens is 2. The molecule has 0 fully saturated rings. The molecule has 0 aliphatic rings. The van der Waals surface area contributed by atoms with Crippen LogP contribution in [0.25, 0.3) is 11.0 Å². The summed E-state index contributed by atoms with van der Waals surface area (Å²) in [5.74, 6) is 0.724. The number of carbonyl (C=O) groups excluding carboxylic acids is 2. The maximum absolute atomic E-state index is 11.9. The molecule has 0 spiro atoms. The van der Waals surface area contributed by atoms with Crippen LogP contribution >= 0.6 is 0 Å². The van der Waals surface area contributed by atoms with Crippen LogP contribution in [0.2, 0.25) is 0 Å². The van der Waals surface area contributed by atoms with Gasteiger partial charge in [-0.2, -0.15) is 0 Å². The molecule has 112 valence electrons. The van der Waals surface area contributed by atoms with E-state index in [1.807, 2.05) is 45.0 Å². The highest BCUT2D eigenvalue weighted by Crippen LogP contribution is 2.14. The van der Waals surface area contributed by atoms with Crippen LogP contribution in [0.3, 0.4) is 0 Å². The molecule has 3 amide bonds. The number of aryl methyl sites for hydroxylation is 1. The van der Waals surface area contributed by atoms with Crippen molar-refractivity contribution in [2.45, 2.75) is 27.3 Å². The second-order valence-corrected chi connectivity index (χ2v) is 5.39. The van der Waals surface area contributed by atoms with Gasteiger partial charge in [-0.25, -0.2) is 9.78 Å². The zero-order valence-corrected chi connectivity index (χ0v) is 12.5. The van der Waals surface area contributed by atoms with Gasteiger partial charge in [0.1, 0.15) is 12.4 Å². The number of amides is 3. The normalized spacial score (nSPS) is 10.9. The Morgan fingerprint density at radius 2 is 2.00 bits per heavy atom. The highest BCUT2D eigenvalue weighted by Gasteiger charge is 2.12. The molecular weight excluding hydrogens is 268 g/mol. The van der Waals surface area contributed by atoms with Crippen LogP contribution in [-0.4, -0.2) is 28.0 Å². The zero-order valence-electron chi connectivity index (χ0n) is 12.5. The monoisotopic (exact) mass is 288 g/mol. The summed E-state index contributed by atoms with van der Waals surface area (Å²) in [5, 5.41) is 4.98. The lowest BCUT2D eigenvalue weighted by atomic mass is 10.2. The third-order valence-electron chi connectivity index (χ3n) is 3.07. The van der Waals surface area contributed by atoms with Gasteiger partial charge >= 0.3 is 6.03 Å². The number of nitrogens with zero attached hydrogens (tertiary/aromatic N) is 2. The van der Waals surface area contributed by atoms with Gasteiger partial charge in [0.2, 0.25) is 5.91 Å². The molecule has 2 aromatic rings. The van der Waals surface area contributed by atoms with Gasteiger partial charge in [0.05, 0.1) is 11.0 Å². The number of urea groups is 1. The molecule has 0 aliphatic carbocycles. The summed E-state index contributed by atoms with van der Waals surface area (Å²) in [5.41, 5.74) is 1.72. The first-order chi connectivity index (χ1) is 9.97. The van der Waals surface area contributed by atoms with E-state index in [1.165, 1.54) is 0 Å². The van der Waals surface area contributed by atoms with Gasteiger partial charge in [-0.1, -0.05) is 26.0 Å². The van der Waals surface area contributed by atoms with Crippen LogP contribution in [-0.2, 0) is 11.3 Å². The predicted molar refractivity (Wildman–Crippen MR) is 80.8 cm³/mol. The number of imidazole rings is 1. The number of fused-ring (bicyclic) bond motifs is 1. The quantitative estimate of drug-likeness (QED) is 0.901. The lowest BCUT2D eigenvalue weighted by Crippen LogP contribution is -2.42. The van der Waals surface area contributed by atoms with E-state index >= 15 is 0 Å². The summed E-state index contributed by atoms with van der Waals surface area (Å²) in [7, 11) is 0. The maximum atomic E-state index is 11.9. The van der Waals surface area contributed by atoms with Crippen molar-refractivity contribution in [2.24, 2.45) is 5.92 Å². The van der Waals surface area contributed by atoms with E-state index in [9.17, 15) is 9.59 Å². The van der Waals surface area contributed by atoms with Crippen LogP contribution in [0.15, 0.2) is 24.3 Å². The number of benzene rings is 1. The molecule has 0 bridgehead atoms. The zero-order chi connectivity index (χ0) is 15.4. The SMILES string of the molecule is Cc1nc2ccccc2n1CC(=O)NC(=O)NCC(C)C.